The van der Waals surface area contributed by atoms with Gasteiger partial charge in [0.1, 0.15) is 6.07 Å². The summed E-state index contributed by atoms with van der Waals surface area (Å²) in [6, 6.07) is 26.4. The van der Waals surface area contributed by atoms with Gasteiger partial charge in [0.05, 0.1) is 11.3 Å². The predicted octanol–water partition coefficient (Wildman–Crippen LogP) is 4.04. The number of carbonyl (C=O) groups excluding carboxylic acids is 1. The molecular formula is C26H24N4O. The van der Waals surface area contributed by atoms with E-state index in [0.29, 0.717) is 18.7 Å². The fraction of sp³-hybridized carbons (Fsp3) is 0.231. The van der Waals surface area contributed by atoms with Crippen molar-refractivity contribution in [2.45, 2.75) is 13.1 Å². The first-order chi connectivity index (χ1) is 15.2. The van der Waals surface area contributed by atoms with Crippen LogP contribution < -0.4 is 9.80 Å². The Balaban J connectivity index is 1.22. The quantitative estimate of drug-likeness (QED) is 0.656. The van der Waals surface area contributed by atoms with E-state index in [2.05, 4.69) is 52.3 Å². The predicted molar refractivity (Wildman–Crippen MR) is 122 cm³/mol. The molecule has 0 aliphatic carbocycles. The van der Waals surface area contributed by atoms with E-state index < -0.39 is 0 Å². The molecule has 0 unspecified atom stereocenters. The number of amides is 1. The highest BCUT2D eigenvalue weighted by Gasteiger charge is 2.24. The first-order valence-electron chi connectivity index (χ1n) is 10.7. The minimum atomic E-state index is 0.0736. The molecule has 0 N–H and O–H groups in total. The van der Waals surface area contributed by atoms with E-state index in [1.807, 2.05) is 41.3 Å². The second kappa shape index (κ2) is 8.16. The summed E-state index contributed by atoms with van der Waals surface area (Å²) in [6.45, 7) is 4.60. The van der Waals surface area contributed by atoms with Crippen LogP contribution in [0.5, 0.6) is 0 Å². The van der Waals surface area contributed by atoms with Gasteiger partial charge < -0.3 is 14.7 Å². The van der Waals surface area contributed by atoms with Gasteiger partial charge >= 0.3 is 0 Å². The average Bonchev–Trinajstić information content (AvgIpc) is 3.28. The second-order valence-electron chi connectivity index (χ2n) is 8.08. The minimum Gasteiger partial charge on any atom is -0.367 e. The maximum atomic E-state index is 13.0. The van der Waals surface area contributed by atoms with E-state index >= 15 is 0 Å². The topological polar surface area (TPSA) is 50.6 Å². The smallest absolute Gasteiger partial charge is 0.253 e. The molecule has 3 aromatic rings. The lowest BCUT2D eigenvalue weighted by atomic mass is 10.1. The van der Waals surface area contributed by atoms with Gasteiger partial charge in [-0.1, -0.05) is 36.4 Å². The summed E-state index contributed by atoms with van der Waals surface area (Å²) in [6.07, 6.45) is 0. The van der Waals surface area contributed by atoms with E-state index in [4.69, 9.17) is 0 Å². The summed E-state index contributed by atoms with van der Waals surface area (Å²) in [4.78, 5) is 19.5. The molecule has 0 atom stereocenters. The Hall–Kier alpha value is -3.78. The lowest BCUT2D eigenvalue weighted by Crippen LogP contribution is -2.49. The number of rotatable bonds is 3. The van der Waals surface area contributed by atoms with Crippen molar-refractivity contribution in [2.75, 3.05) is 36.0 Å². The van der Waals surface area contributed by atoms with Crippen LogP contribution in [-0.4, -0.2) is 37.0 Å². The van der Waals surface area contributed by atoms with E-state index in [-0.39, 0.29) is 5.91 Å². The lowest BCUT2D eigenvalue weighted by molar-refractivity contribution is 0.0747. The number of hydrogen-bond donors (Lipinski definition) is 0. The average molecular weight is 409 g/mol. The third kappa shape index (κ3) is 3.73. The first kappa shape index (κ1) is 19.2. The maximum Gasteiger partial charge on any atom is 0.253 e. The molecule has 1 fully saturated rings. The number of para-hydroxylation sites is 1. The van der Waals surface area contributed by atoms with Gasteiger partial charge in [0.25, 0.3) is 5.91 Å². The minimum absolute atomic E-state index is 0.0736. The van der Waals surface area contributed by atoms with E-state index in [0.717, 1.165) is 43.1 Å². The Kier molecular flexibility index (Phi) is 5.05. The molecule has 0 bridgehead atoms. The Bertz CT molecular complexity index is 1120. The van der Waals surface area contributed by atoms with E-state index in [9.17, 15) is 10.1 Å². The van der Waals surface area contributed by atoms with Gasteiger partial charge in [-0.2, -0.15) is 5.26 Å². The molecule has 1 saturated heterocycles. The van der Waals surface area contributed by atoms with Crippen molar-refractivity contribution in [2.24, 2.45) is 0 Å². The van der Waals surface area contributed by atoms with Gasteiger partial charge in [-0.15, -0.1) is 0 Å². The zero-order chi connectivity index (χ0) is 21.2. The third-order valence-electron chi connectivity index (χ3n) is 6.25. The van der Waals surface area contributed by atoms with Crippen LogP contribution in [0.1, 0.15) is 27.0 Å². The van der Waals surface area contributed by atoms with Crippen LogP contribution in [0, 0.1) is 11.3 Å². The highest BCUT2D eigenvalue weighted by atomic mass is 16.2. The molecule has 5 heteroatoms. The zero-order valence-corrected chi connectivity index (χ0v) is 17.4. The molecule has 2 aliphatic rings. The number of nitriles is 1. The standard InChI is InChI=1S/C26H24N4O/c27-17-21-5-3-4-8-25(21)28-13-15-29(16-14-28)26(31)20-9-11-24(12-10-20)30-18-22-6-1-2-7-23(22)19-30/h1-12H,13-16,18-19H2. The number of carbonyl (C=O) groups is 1. The second-order valence-corrected chi connectivity index (χ2v) is 8.08. The Labute approximate surface area is 182 Å². The number of nitrogens with zero attached hydrogens (tertiary/aromatic N) is 4. The van der Waals surface area contributed by atoms with Crippen LogP contribution in [0.2, 0.25) is 0 Å². The van der Waals surface area contributed by atoms with Gasteiger partial charge in [0.2, 0.25) is 0 Å². The number of anilines is 2. The van der Waals surface area contributed by atoms with Crippen LogP contribution in [-0.2, 0) is 13.1 Å². The Morgan fingerprint density at radius 3 is 2.00 bits per heavy atom. The maximum absolute atomic E-state index is 13.0. The zero-order valence-electron chi connectivity index (χ0n) is 17.4. The number of piperazine rings is 1. The van der Waals surface area contributed by atoms with Gasteiger partial charge in [-0.05, 0) is 47.5 Å². The molecule has 0 radical (unpaired) electrons. The SMILES string of the molecule is N#Cc1ccccc1N1CCN(C(=O)c2ccc(N3Cc4ccccc4C3)cc2)CC1. The van der Waals surface area contributed by atoms with Crippen LogP contribution in [0.25, 0.3) is 0 Å². The van der Waals surface area contributed by atoms with Crippen LogP contribution in [0.15, 0.2) is 72.8 Å². The molecule has 2 heterocycles. The number of fused-ring (bicyclic) bond motifs is 1. The monoisotopic (exact) mass is 408 g/mol. The highest BCUT2D eigenvalue weighted by Crippen LogP contribution is 2.28. The van der Waals surface area contributed by atoms with Crippen LogP contribution in [0.4, 0.5) is 11.4 Å². The molecule has 0 spiro atoms. The van der Waals surface area contributed by atoms with E-state index in [1.165, 1.54) is 11.1 Å². The molecule has 31 heavy (non-hydrogen) atoms. The van der Waals surface area contributed by atoms with Crippen molar-refractivity contribution < 1.29 is 4.79 Å². The van der Waals surface area contributed by atoms with Gasteiger partial charge in [-0.25, -0.2) is 0 Å². The molecule has 5 rings (SSSR count). The van der Waals surface area contributed by atoms with Crippen LogP contribution >= 0.6 is 0 Å². The normalized spacial score (nSPS) is 15.5. The summed E-state index contributed by atoms with van der Waals surface area (Å²) < 4.78 is 0. The third-order valence-corrected chi connectivity index (χ3v) is 6.25. The summed E-state index contributed by atoms with van der Waals surface area (Å²) in [5.41, 5.74) is 6.25. The number of hydrogen-bond acceptors (Lipinski definition) is 4. The summed E-state index contributed by atoms with van der Waals surface area (Å²) in [7, 11) is 0. The summed E-state index contributed by atoms with van der Waals surface area (Å²) in [5.74, 6) is 0.0736. The first-order valence-corrected chi connectivity index (χ1v) is 10.7. The number of benzene rings is 3. The van der Waals surface area contributed by atoms with Crippen molar-refractivity contribution in [1.29, 1.82) is 5.26 Å². The fourth-order valence-corrected chi connectivity index (χ4v) is 4.51. The van der Waals surface area contributed by atoms with Gasteiger partial charge in [0, 0.05) is 50.5 Å². The summed E-state index contributed by atoms with van der Waals surface area (Å²) >= 11 is 0. The Morgan fingerprint density at radius 2 is 1.35 bits per heavy atom. The molecule has 5 nitrogen and oxygen atoms in total. The van der Waals surface area contributed by atoms with Crippen molar-refractivity contribution in [3.63, 3.8) is 0 Å². The van der Waals surface area contributed by atoms with Crippen molar-refractivity contribution >= 4 is 17.3 Å². The molecule has 154 valence electrons. The van der Waals surface area contributed by atoms with Crippen molar-refractivity contribution in [3.05, 3.63) is 95.1 Å². The van der Waals surface area contributed by atoms with Crippen molar-refractivity contribution in [1.82, 2.24) is 4.90 Å². The molecular weight excluding hydrogens is 384 g/mol. The Morgan fingerprint density at radius 1 is 0.742 bits per heavy atom. The highest BCUT2D eigenvalue weighted by molar-refractivity contribution is 5.94. The van der Waals surface area contributed by atoms with Crippen molar-refractivity contribution in [3.8, 4) is 6.07 Å². The largest absolute Gasteiger partial charge is 0.367 e. The van der Waals surface area contributed by atoms with Gasteiger partial charge in [-0.3, -0.25) is 4.79 Å². The molecule has 3 aromatic carbocycles. The van der Waals surface area contributed by atoms with Crippen LogP contribution in [0.3, 0.4) is 0 Å². The van der Waals surface area contributed by atoms with E-state index in [1.54, 1.807) is 0 Å². The lowest BCUT2D eigenvalue weighted by Gasteiger charge is -2.36. The molecule has 1 amide bonds. The van der Waals surface area contributed by atoms with Gasteiger partial charge in [0.15, 0.2) is 0 Å². The molecule has 0 aromatic heterocycles. The molecule has 0 saturated carbocycles. The fourth-order valence-electron chi connectivity index (χ4n) is 4.51. The molecule has 2 aliphatic heterocycles. The summed E-state index contributed by atoms with van der Waals surface area (Å²) in [5, 5.41) is 9.35.